The van der Waals surface area contributed by atoms with Crippen LogP contribution in [0.4, 0.5) is 10.8 Å². The van der Waals surface area contributed by atoms with Gasteiger partial charge in [0.2, 0.25) is 17.8 Å². The molecule has 2 aromatic carbocycles. The Kier molecular flexibility index (Phi) is 5.97. The SMILES string of the molecule is O=C(CSc1nnc(NC(=O)c2ccc(Br)cc2)s1)Nc1ccc2c(c1)OCO2. The van der Waals surface area contributed by atoms with Crippen LogP contribution < -0.4 is 20.1 Å². The Balaban J connectivity index is 1.28. The topological polar surface area (TPSA) is 102 Å². The van der Waals surface area contributed by atoms with Gasteiger partial charge in [0.25, 0.3) is 5.91 Å². The van der Waals surface area contributed by atoms with Crippen LogP contribution in [0.25, 0.3) is 0 Å². The minimum absolute atomic E-state index is 0.156. The first-order valence-corrected chi connectivity index (χ1v) is 10.9. The fraction of sp³-hybridized carbons (Fsp3) is 0.111. The third kappa shape index (κ3) is 5.05. The number of fused-ring (bicyclic) bond motifs is 1. The van der Waals surface area contributed by atoms with Crippen molar-refractivity contribution < 1.29 is 19.1 Å². The standard InChI is InChI=1S/C18H13BrN4O4S2/c19-11-3-1-10(2-4-11)16(25)21-17-22-23-18(29-17)28-8-15(24)20-12-5-6-13-14(7-12)27-9-26-13/h1-7H,8-9H2,(H,20,24)(H,21,22,25). The summed E-state index contributed by atoms with van der Waals surface area (Å²) in [5, 5.41) is 13.8. The predicted molar refractivity (Wildman–Crippen MR) is 114 cm³/mol. The highest BCUT2D eigenvalue weighted by Crippen LogP contribution is 2.34. The fourth-order valence-electron chi connectivity index (χ4n) is 2.39. The molecule has 0 radical (unpaired) electrons. The zero-order valence-corrected chi connectivity index (χ0v) is 17.9. The van der Waals surface area contributed by atoms with E-state index in [1.165, 1.54) is 23.1 Å². The van der Waals surface area contributed by atoms with Gasteiger partial charge >= 0.3 is 0 Å². The molecule has 0 bridgehead atoms. The van der Waals surface area contributed by atoms with E-state index in [1.807, 2.05) is 0 Å². The number of amides is 2. The molecule has 2 N–H and O–H groups in total. The second-order valence-corrected chi connectivity index (χ2v) is 8.85. The van der Waals surface area contributed by atoms with Gasteiger partial charge in [-0.1, -0.05) is 39.0 Å². The zero-order chi connectivity index (χ0) is 20.2. The van der Waals surface area contributed by atoms with Crippen molar-refractivity contribution in [2.75, 3.05) is 23.2 Å². The number of carbonyl (C=O) groups is 2. The highest BCUT2D eigenvalue weighted by molar-refractivity contribution is 9.10. The Morgan fingerprint density at radius 1 is 1.07 bits per heavy atom. The van der Waals surface area contributed by atoms with Gasteiger partial charge in [-0.2, -0.15) is 0 Å². The molecule has 2 heterocycles. The van der Waals surface area contributed by atoms with Crippen LogP contribution in [0.2, 0.25) is 0 Å². The number of benzene rings is 2. The second kappa shape index (κ2) is 8.80. The second-order valence-electron chi connectivity index (χ2n) is 5.74. The van der Waals surface area contributed by atoms with E-state index in [4.69, 9.17) is 9.47 Å². The summed E-state index contributed by atoms with van der Waals surface area (Å²) in [6.07, 6.45) is 0. The molecule has 1 aliphatic rings. The van der Waals surface area contributed by atoms with Crippen LogP contribution in [0.1, 0.15) is 10.4 Å². The number of hydrogen-bond donors (Lipinski definition) is 2. The molecular formula is C18H13BrN4O4S2. The molecule has 1 aliphatic heterocycles. The van der Waals surface area contributed by atoms with Crippen molar-refractivity contribution in [2.45, 2.75) is 4.34 Å². The average Bonchev–Trinajstić information content (AvgIpc) is 3.35. The lowest BCUT2D eigenvalue weighted by Gasteiger charge is -2.05. The van der Waals surface area contributed by atoms with E-state index in [0.29, 0.717) is 32.2 Å². The summed E-state index contributed by atoms with van der Waals surface area (Å²) in [6.45, 7) is 0.181. The predicted octanol–water partition coefficient (Wildman–Crippen LogP) is 4.01. The van der Waals surface area contributed by atoms with Crippen molar-refractivity contribution >= 4 is 61.7 Å². The molecule has 148 valence electrons. The van der Waals surface area contributed by atoms with E-state index in [0.717, 1.165) is 4.47 Å². The summed E-state index contributed by atoms with van der Waals surface area (Å²) in [4.78, 5) is 24.4. The van der Waals surface area contributed by atoms with Gasteiger partial charge in [-0.05, 0) is 36.4 Å². The molecule has 29 heavy (non-hydrogen) atoms. The van der Waals surface area contributed by atoms with Crippen molar-refractivity contribution in [3.63, 3.8) is 0 Å². The maximum atomic E-state index is 12.2. The van der Waals surface area contributed by atoms with Crippen LogP contribution in [0, 0.1) is 0 Å². The lowest BCUT2D eigenvalue weighted by atomic mass is 10.2. The van der Waals surface area contributed by atoms with Gasteiger partial charge in [-0.15, -0.1) is 10.2 Å². The molecule has 0 atom stereocenters. The molecule has 1 aromatic heterocycles. The van der Waals surface area contributed by atoms with Gasteiger partial charge in [0, 0.05) is 21.8 Å². The van der Waals surface area contributed by atoms with Gasteiger partial charge in [-0.25, -0.2) is 0 Å². The molecule has 0 spiro atoms. The summed E-state index contributed by atoms with van der Waals surface area (Å²) >= 11 is 5.77. The van der Waals surface area contributed by atoms with Crippen LogP contribution in [-0.2, 0) is 4.79 Å². The van der Waals surface area contributed by atoms with Crippen LogP contribution in [0.15, 0.2) is 51.3 Å². The molecule has 2 amide bonds. The highest BCUT2D eigenvalue weighted by Gasteiger charge is 2.15. The zero-order valence-electron chi connectivity index (χ0n) is 14.7. The van der Waals surface area contributed by atoms with E-state index in [2.05, 4.69) is 36.8 Å². The lowest BCUT2D eigenvalue weighted by molar-refractivity contribution is -0.113. The van der Waals surface area contributed by atoms with Crippen molar-refractivity contribution in [2.24, 2.45) is 0 Å². The Hall–Kier alpha value is -2.63. The number of thioether (sulfide) groups is 1. The number of hydrogen-bond acceptors (Lipinski definition) is 8. The van der Waals surface area contributed by atoms with E-state index < -0.39 is 0 Å². The molecule has 8 nitrogen and oxygen atoms in total. The maximum absolute atomic E-state index is 12.2. The Bertz CT molecular complexity index is 1060. The minimum Gasteiger partial charge on any atom is -0.454 e. The van der Waals surface area contributed by atoms with Crippen LogP contribution >= 0.6 is 39.0 Å². The van der Waals surface area contributed by atoms with Gasteiger partial charge in [-0.3, -0.25) is 14.9 Å². The van der Waals surface area contributed by atoms with Crippen LogP contribution in [0.3, 0.4) is 0 Å². The molecule has 0 fully saturated rings. The number of anilines is 2. The summed E-state index contributed by atoms with van der Waals surface area (Å²) < 4.78 is 12.0. The molecule has 0 saturated heterocycles. The summed E-state index contributed by atoms with van der Waals surface area (Å²) in [7, 11) is 0. The van der Waals surface area contributed by atoms with Gasteiger partial charge in [0.05, 0.1) is 5.75 Å². The number of rotatable bonds is 6. The van der Waals surface area contributed by atoms with Crippen molar-refractivity contribution in [1.82, 2.24) is 10.2 Å². The van der Waals surface area contributed by atoms with E-state index in [-0.39, 0.29) is 24.4 Å². The first-order valence-electron chi connectivity index (χ1n) is 8.29. The smallest absolute Gasteiger partial charge is 0.257 e. The number of halogens is 1. The summed E-state index contributed by atoms with van der Waals surface area (Å²) in [6, 6.07) is 12.2. The molecule has 0 saturated carbocycles. The average molecular weight is 493 g/mol. The van der Waals surface area contributed by atoms with Crippen molar-refractivity contribution in [1.29, 1.82) is 0 Å². The van der Waals surface area contributed by atoms with Gasteiger partial charge in [0.15, 0.2) is 15.8 Å². The van der Waals surface area contributed by atoms with Crippen LogP contribution in [0.5, 0.6) is 11.5 Å². The third-order valence-electron chi connectivity index (χ3n) is 3.72. The molecule has 3 aromatic rings. The quantitative estimate of drug-likeness (QED) is 0.395. The minimum atomic E-state index is -0.272. The first kappa shape index (κ1) is 19.7. The molecular weight excluding hydrogens is 480 g/mol. The van der Waals surface area contributed by atoms with Gasteiger partial charge < -0.3 is 14.8 Å². The molecule has 0 unspecified atom stereocenters. The van der Waals surface area contributed by atoms with Gasteiger partial charge in [0.1, 0.15) is 0 Å². The Morgan fingerprint density at radius 2 is 1.86 bits per heavy atom. The molecule has 11 heteroatoms. The van der Waals surface area contributed by atoms with E-state index in [1.54, 1.807) is 42.5 Å². The normalized spacial score (nSPS) is 11.9. The number of ether oxygens (including phenoxy) is 2. The number of carbonyl (C=O) groups excluding carboxylic acids is 2. The largest absolute Gasteiger partial charge is 0.454 e. The Labute approximate surface area is 182 Å². The monoisotopic (exact) mass is 492 g/mol. The van der Waals surface area contributed by atoms with E-state index in [9.17, 15) is 9.59 Å². The third-order valence-corrected chi connectivity index (χ3v) is 6.22. The van der Waals surface area contributed by atoms with Crippen molar-refractivity contribution in [3.05, 3.63) is 52.5 Å². The first-order chi connectivity index (χ1) is 14.1. The van der Waals surface area contributed by atoms with Crippen molar-refractivity contribution in [3.8, 4) is 11.5 Å². The fourth-order valence-corrected chi connectivity index (χ4v) is 4.20. The highest BCUT2D eigenvalue weighted by atomic mass is 79.9. The number of nitrogens with one attached hydrogen (secondary N) is 2. The summed E-state index contributed by atoms with van der Waals surface area (Å²) in [5.41, 5.74) is 1.14. The maximum Gasteiger partial charge on any atom is 0.257 e. The number of nitrogens with zero attached hydrogens (tertiary/aromatic N) is 2. The molecule has 0 aliphatic carbocycles. The van der Waals surface area contributed by atoms with E-state index >= 15 is 0 Å². The lowest BCUT2D eigenvalue weighted by Crippen LogP contribution is -2.13. The Morgan fingerprint density at radius 3 is 2.69 bits per heavy atom. The number of aromatic nitrogens is 2. The summed E-state index contributed by atoms with van der Waals surface area (Å²) in [5.74, 6) is 0.953. The van der Waals surface area contributed by atoms with Crippen LogP contribution in [-0.4, -0.2) is 34.6 Å². The molecule has 4 rings (SSSR count).